The van der Waals surface area contributed by atoms with Crippen LogP contribution in [-0.2, 0) is 10.0 Å². The number of nitrogens with zero attached hydrogens (tertiary/aromatic N) is 1. The smallest absolute Gasteiger partial charge is 0.406 e. The number of rotatable bonds is 3. The Morgan fingerprint density at radius 2 is 1.90 bits per heavy atom. The van der Waals surface area contributed by atoms with Crippen LogP contribution in [0.15, 0.2) is 29.2 Å². The summed E-state index contributed by atoms with van der Waals surface area (Å²) >= 11 is 0. The van der Waals surface area contributed by atoms with Crippen LogP contribution in [0.5, 0.6) is 5.75 Å². The summed E-state index contributed by atoms with van der Waals surface area (Å²) in [4.78, 5) is -0.189. The van der Waals surface area contributed by atoms with Crippen molar-refractivity contribution in [2.24, 2.45) is 5.41 Å². The molecule has 3 rings (SSSR count). The number of hydrogen-bond acceptors (Lipinski definition) is 4. The van der Waals surface area contributed by atoms with E-state index in [1.54, 1.807) is 0 Å². The molecule has 0 aliphatic carbocycles. The van der Waals surface area contributed by atoms with E-state index in [4.69, 9.17) is 0 Å². The molecule has 0 unspecified atom stereocenters. The molecule has 0 amide bonds. The molecule has 2 aliphatic heterocycles. The van der Waals surface area contributed by atoms with Crippen LogP contribution in [0.3, 0.4) is 0 Å². The molecular formula is C12H13F3N2O3S. The minimum Gasteiger partial charge on any atom is -0.406 e. The number of sulfonamides is 1. The van der Waals surface area contributed by atoms with Gasteiger partial charge >= 0.3 is 6.36 Å². The molecule has 2 aliphatic rings. The summed E-state index contributed by atoms with van der Waals surface area (Å²) in [6, 6.07) is 4.46. The van der Waals surface area contributed by atoms with E-state index in [9.17, 15) is 21.6 Å². The molecule has 0 radical (unpaired) electrons. The van der Waals surface area contributed by atoms with Gasteiger partial charge in [-0.2, -0.15) is 4.31 Å². The molecule has 0 saturated carbocycles. The molecule has 1 aromatic carbocycles. The molecule has 0 atom stereocenters. The van der Waals surface area contributed by atoms with Crippen molar-refractivity contribution < 1.29 is 26.3 Å². The Morgan fingerprint density at radius 3 is 2.43 bits per heavy atom. The summed E-state index contributed by atoms with van der Waals surface area (Å²) < 4.78 is 66.2. The minimum absolute atomic E-state index is 0.00709. The summed E-state index contributed by atoms with van der Waals surface area (Å²) in [5.74, 6) is -0.538. The number of hydrogen-bond donors (Lipinski definition) is 1. The number of alkyl halides is 3. The van der Waals surface area contributed by atoms with Crippen molar-refractivity contribution in [3.05, 3.63) is 24.3 Å². The van der Waals surface area contributed by atoms with Crippen molar-refractivity contribution in [3.8, 4) is 5.75 Å². The van der Waals surface area contributed by atoms with Crippen LogP contribution in [0.4, 0.5) is 13.2 Å². The predicted molar refractivity (Wildman–Crippen MR) is 67.2 cm³/mol. The Kier molecular flexibility index (Phi) is 3.19. The normalized spacial score (nSPS) is 21.7. The van der Waals surface area contributed by atoms with Gasteiger partial charge in [-0.25, -0.2) is 8.42 Å². The number of benzene rings is 1. The Labute approximate surface area is 119 Å². The van der Waals surface area contributed by atoms with Gasteiger partial charge in [0.15, 0.2) is 0 Å². The van der Waals surface area contributed by atoms with Crippen molar-refractivity contribution >= 4 is 10.0 Å². The zero-order valence-corrected chi connectivity index (χ0v) is 11.7. The molecule has 9 heteroatoms. The van der Waals surface area contributed by atoms with Gasteiger partial charge in [0.25, 0.3) is 0 Å². The third kappa shape index (κ3) is 2.72. The molecule has 1 aromatic rings. The van der Waals surface area contributed by atoms with E-state index in [2.05, 4.69) is 10.1 Å². The summed E-state index contributed by atoms with van der Waals surface area (Å²) in [5, 5.41) is 3.08. The van der Waals surface area contributed by atoms with Crippen LogP contribution in [0.25, 0.3) is 0 Å². The third-order valence-corrected chi connectivity index (χ3v) is 5.49. The van der Waals surface area contributed by atoms with Gasteiger partial charge in [-0.15, -0.1) is 13.2 Å². The van der Waals surface area contributed by atoms with Crippen LogP contribution >= 0.6 is 0 Å². The van der Waals surface area contributed by atoms with Crippen molar-refractivity contribution in [2.75, 3.05) is 26.2 Å². The average molecular weight is 322 g/mol. The molecule has 2 saturated heterocycles. The SMILES string of the molecule is O=S(=O)(c1cccc(OC(F)(F)F)c1)N1CC2(CNC2)C1. The van der Waals surface area contributed by atoms with Gasteiger partial charge in [-0.1, -0.05) is 6.07 Å². The molecule has 0 bridgehead atoms. The molecule has 116 valence electrons. The average Bonchev–Trinajstić information content (AvgIpc) is 2.22. The second-order valence-corrected chi connectivity index (χ2v) is 7.34. The first-order valence-electron chi connectivity index (χ1n) is 6.27. The minimum atomic E-state index is -4.85. The second-order valence-electron chi connectivity index (χ2n) is 5.40. The highest BCUT2D eigenvalue weighted by molar-refractivity contribution is 7.89. The molecule has 1 N–H and O–H groups in total. The third-order valence-electron chi connectivity index (χ3n) is 3.70. The van der Waals surface area contributed by atoms with Crippen molar-refractivity contribution in [2.45, 2.75) is 11.3 Å². The van der Waals surface area contributed by atoms with E-state index in [1.165, 1.54) is 16.4 Å². The first kappa shape index (κ1) is 14.6. The first-order chi connectivity index (χ1) is 9.70. The summed E-state index contributed by atoms with van der Waals surface area (Å²) in [7, 11) is -3.77. The number of nitrogens with one attached hydrogen (secondary N) is 1. The molecule has 2 heterocycles. The van der Waals surface area contributed by atoms with Crippen molar-refractivity contribution in [1.82, 2.24) is 9.62 Å². The van der Waals surface area contributed by atoms with E-state index in [0.29, 0.717) is 13.1 Å². The molecule has 1 spiro atoms. The first-order valence-corrected chi connectivity index (χ1v) is 7.71. The molecule has 2 fully saturated rings. The lowest BCUT2D eigenvalue weighted by atomic mass is 9.76. The van der Waals surface area contributed by atoms with Gasteiger partial charge in [-0.05, 0) is 12.1 Å². The standard InChI is InChI=1S/C12H13F3N2O3S/c13-12(14,15)20-9-2-1-3-10(4-9)21(18,19)17-7-11(8-17)5-16-6-11/h1-4,16H,5-8H2. The van der Waals surface area contributed by atoms with E-state index in [1.807, 2.05) is 0 Å². The monoisotopic (exact) mass is 322 g/mol. The Hall–Kier alpha value is -1.32. The highest BCUT2D eigenvalue weighted by Crippen LogP contribution is 2.38. The lowest BCUT2D eigenvalue weighted by molar-refractivity contribution is -0.274. The Bertz CT molecular complexity index is 648. The van der Waals surface area contributed by atoms with Crippen molar-refractivity contribution in [3.63, 3.8) is 0 Å². The largest absolute Gasteiger partial charge is 0.573 e. The van der Waals surface area contributed by atoms with Gasteiger partial charge in [0.05, 0.1) is 4.90 Å². The zero-order valence-electron chi connectivity index (χ0n) is 10.9. The highest BCUT2D eigenvalue weighted by atomic mass is 32.2. The van der Waals surface area contributed by atoms with Crippen LogP contribution in [-0.4, -0.2) is 45.3 Å². The van der Waals surface area contributed by atoms with Gasteiger partial charge in [-0.3, -0.25) is 0 Å². The number of ether oxygens (including phenoxy) is 1. The van der Waals surface area contributed by atoms with E-state index < -0.39 is 22.1 Å². The zero-order chi connectivity index (χ0) is 15.3. The van der Waals surface area contributed by atoms with E-state index in [-0.39, 0.29) is 10.3 Å². The van der Waals surface area contributed by atoms with Gasteiger partial charge in [0.1, 0.15) is 5.75 Å². The summed E-state index contributed by atoms with van der Waals surface area (Å²) in [5.41, 5.74) is 0.00709. The lowest BCUT2D eigenvalue weighted by Gasteiger charge is -2.55. The molecule has 0 aromatic heterocycles. The van der Waals surface area contributed by atoms with Gasteiger partial charge in [0.2, 0.25) is 10.0 Å². The van der Waals surface area contributed by atoms with Crippen LogP contribution in [0.2, 0.25) is 0 Å². The van der Waals surface area contributed by atoms with Gasteiger partial charge < -0.3 is 10.1 Å². The summed E-state index contributed by atoms with van der Waals surface area (Å²) in [6.07, 6.45) is -4.85. The second kappa shape index (κ2) is 4.59. The van der Waals surface area contributed by atoms with Gasteiger partial charge in [0, 0.05) is 37.7 Å². The summed E-state index contributed by atoms with van der Waals surface area (Å²) in [6.45, 7) is 2.34. The number of halogens is 3. The van der Waals surface area contributed by atoms with Crippen LogP contribution < -0.4 is 10.1 Å². The maximum absolute atomic E-state index is 12.3. The lowest BCUT2D eigenvalue weighted by Crippen LogP contribution is -2.71. The van der Waals surface area contributed by atoms with E-state index in [0.717, 1.165) is 25.2 Å². The molecule has 5 nitrogen and oxygen atoms in total. The predicted octanol–water partition coefficient (Wildman–Crippen LogP) is 1.18. The van der Waals surface area contributed by atoms with E-state index >= 15 is 0 Å². The maximum Gasteiger partial charge on any atom is 0.573 e. The fraction of sp³-hybridized carbons (Fsp3) is 0.500. The molecule has 21 heavy (non-hydrogen) atoms. The fourth-order valence-electron chi connectivity index (χ4n) is 2.55. The van der Waals surface area contributed by atoms with Crippen LogP contribution in [0.1, 0.15) is 0 Å². The maximum atomic E-state index is 12.3. The van der Waals surface area contributed by atoms with Crippen molar-refractivity contribution in [1.29, 1.82) is 0 Å². The Morgan fingerprint density at radius 1 is 1.24 bits per heavy atom. The quantitative estimate of drug-likeness (QED) is 0.908. The topological polar surface area (TPSA) is 58.6 Å². The highest BCUT2D eigenvalue weighted by Gasteiger charge is 2.51. The molecular weight excluding hydrogens is 309 g/mol. The fourth-order valence-corrected chi connectivity index (χ4v) is 4.26. The Balaban J connectivity index is 1.78. The van der Waals surface area contributed by atoms with Crippen LogP contribution in [0, 0.1) is 5.41 Å².